The van der Waals surface area contributed by atoms with Crippen molar-refractivity contribution < 1.29 is 4.42 Å². The number of para-hydroxylation sites is 1. The highest BCUT2D eigenvalue weighted by atomic mass is 35.5. The SMILES string of the molecule is CCNC(CSC(C)C)c1cc2cccc(Cl)c2o1. The Morgan fingerprint density at radius 1 is 1.37 bits per heavy atom. The topological polar surface area (TPSA) is 25.2 Å². The molecule has 0 saturated carbocycles. The van der Waals surface area contributed by atoms with Gasteiger partial charge >= 0.3 is 0 Å². The van der Waals surface area contributed by atoms with Crippen LogP contribution in [0.5, 0.6) is 0 Å². The van der Waals surface area contributed by atoms with E-state index in [1.807, 2.05) is 30.0 Å². The molecule has 0 radical (unpaired) electrons. The van der Waals surface area contributed by atoms with Gasteiger partial charge in [0.2, 0.25) is 0 Å². The van der Waals surface area contributed by atoms with Crippen LogP contribution in [0.4, 0.5) is 0 Å². The van der Waals surface area contributed by atoms with Crippen molar-refractivity contribution in [1.82, 2.24) is 5.32 Å². The maximum absolute atomic E-state index is 6.16. The molecule has 19 heavy (non-hydrogen) atoms. The molecular formula is C15H20ClNOS. The molecule has 0 aliphatic carbocycles. The molecule has 4 heteroatoms. The first kappa shape index (κ1) is 14.8. The summed E-state index contributed by atoms with van der Waals surface area (Å²) in [4.78, 5) is 0. The number of benzene rings is 1. The number of nitrogens with one attached hydrogen (secondary N) is 1. The third-order valence-electron chi connectivity index (χ3n) is 2.91. The normalized spacial score (nSPS) is 13.3. The van der Waals surface area contributed by atoms with E-state index in [-0.39, 0.29) is 6.04 Å². The van der Waals surface area contributed by atoms with Crippen LogP contribution in [0.25, 0.3) is 11.0 Å². The highest BCUT2D eigenvalue weighted by Crippen LogP contribution is 2.31. The summed E-state index contributed by atoms with van der Waals surface area (Å²) in [5.74, 6) is 1.97. The predicted molar refractivity (Wildman–Crippen MR) is 85.2 cm³/mol. The van der Waals surface area contributed by atoms with Crippen LogP contribution >= 0.6 is 23.4 Å². The van der Waals surface area contributed by atoms with E-state index in [2.05, 4.69) is 32.2 Å². The Kier molecular flexibility index (Phi) is 5.20. The van der Waals surface area contributed by atoms with Crippen LogP contribution in [0.15, 0.2) is 28.7 Å². The summed E-state index contributed by atoms with van der Waals surface area (Å²) < 4.78 is 5.94. The number of hydrogen-bond acceptors (Lipinski definition) is 3. The molecule has 1 aromatic carbocycles. The third kappa shape index (κ3) is 3.68. The van der Waals surface area contributed by atoms with Crippen LogP contribution in [0.3, 0.4) is 0 Å². The van der Waals surface area contributed by atoms with Crippen molar-refractivity contribution in [2.24, 2.45) is 0 Å². The largest absolute Gasteiger partial charge is 0.458 e. The molecule has 1 heterocycles. The molecule has 2 rings (SSSR count). The first-order valence-electron chi connectivity index (χ1n) is 6.64. The molecule has 0 bridgehead atoms. The number of furan rings is 1. The smallest absolute Gasteiger partial charge is 0.152 e. The summed E-state index contributed by atoms with van der Waals surface area (Å²) in [5.41, 5.74) is 0.789. The van der Waals surface area contributed by atoms with Crippen LogP contribution in [0.1, 0.15) is 32.6 Å². The minimum atomic E-state index is 0.237. The molecular weight excluding hydrogens is 278 g/mol. The summed E-state index contributed by atoms with van der Waals surface area (Å²) in [6.45, 7) is 7.46. The van der Waals surface area contributed by atoms with Crippen molar-refractivity contribution in [3.05, 3.63) is 35.0 Å². The van der Waals surface area contributed by atoms with Gasteiger partial charge in [0.15, 0.2) is 5.58 Å². The molecule has 1 aromatic heterocycles. The van der Waals surface area contributed by atoms with Crippen LogP contribution < -0.4 is 5.32 Å². The monoisotopic (exact) mass is 297 g/mol. The molecule has 1 unspecified atom stereocenters. The van der Waals surface area contributed by atoms with Gasteiger partial charge in [0.05, 0.1) is 11.1 Å². The number of thioether (sulfide) groups is 1. The minimum absolute atomic E-state index is 0.237. The van der Waals surface area contributed by atoms with Crippen molar-refractivity contribution in [3.8, 4) is 0 Å². The molecule has 0 aliphatic heterocycles. The molecule has 0 fully saturated rings. The Balaban J connectivity index is 2.25. The van der Waals surface area contributed by atoms with E-state index in [0.29, 0.717) is 10.3 Å². The lowest BCUT2D eigenvalue weighted by Crippen LogP contribution is -2.23. The molecule has 0 amide bonds. The Bertz CT molecular complexity index is 538. The van der Waals surface area contributed by atoms with E-state index in [0.717, 1.165) is 29.0 Å². The maximum Gasteiger partial charge on any atom is 0.152 e. The Labute approximate surface area is 123 Å². The predicted octanol–water partition coefficient (Wildman–Crippen LogP) is 4.88. The fourth-order valence-electron chi connectivity index (χ4n) is 2.00. The van der Waals surface area contributed by atoms with Crippen molar-refractivity contribution in [2.45, 2.75) is 32.1 Å². The average Bonchev–Trinajstić information content (AvgIpc) is 2.79. The maximum atomic E-state index is 6.16. The van der Waals surface area contributed by atoms with Crippen LogP contribution in [0, 0.1) is 0 Å². The Hall–Kier alpha value is -0.640. The second-order valence-electron chi connectivity index (χ2n) is 4.80. The average molecular weight is 298 g/mol. The number of hydrogen-bond donors (Lipinski definition) is 1. The number of halogens is 1. The zero-order valence-corrected chi connectivity index (χ0v) is 13.1. The van der Waals surface area contributed by atoms with Crippen LogP contribution in [-0.4, -0.2) is 17.5 Å². The van der Waals surface area contributed by atoms with E-state index >= 15 is 0 Å². The van der Waals surface area contributed by atoms with Gasteiger partial charge in [-0.3, -0.25) is 0 Å². The van der Waals surface area contributed by atoms with Crippen LogP contribution in [-0.2, 0) is 0 Å². The summed E-state index contributed by atoms with van der Waals surface area (Å²) >= 11 is 8.09. The molecule has 0 saturated heterocycles. The molecule has 1 N–H and O–H groups in total. The van der Waals surface area contributed by atoms with Gasteiger partial charge in [-0.2, -0.15) is 11.8 Å². The van der Waals surface area contributed by atoms with Crippen molar-refractivity contribution >= 4 is 34.3 Å². The zero-order valence-electron chi connectivity index (χ0n) is 11.6. The Morgan fingerprint density at radius 2 is 2.16 bits per heavy atom. The first-order chi connectivity index (χ1) is 9.11. The fourth-order valence-corrected chi connectivity index (χ4v) is 3.08. The van der Waals surface area contributed by atoms with Crippen molar-refractivity contribution in [1.29, 1.82) is 0 Å². The first-order valence-corrected chi connectivity index (χ1v) is 8.07. The quantitative estimate of drug-likeness (QED) is 0.823. The lowest BCUT2D eigenvalue weighted by molar-refractivity contribution is 0.463. The molecule has 1 atom stereocenters. The van der Waals surface area contributed by atoms with Gasteiger partial charge in [-0.05, 0) is 23.9 Å². The van der Waals surface area contributed by atoms with Gasteiger partial charge in [-0.25, -0.2) is 0 Å². The Morgan fingerprint density at radius 3 is 2.79 bits per heavy atom. The second kappa shape index (κ2) is 6.69. The highest BCUT2D eigenvalue weighted by Gasteiger charge is 2.17. The molecule has 2 aromatic rings. The second-order valence-corrected chi connectivity index (χ2v) is 6.82. The van der Waals surface area contributed by atoms with Gasteiger partial charge in [0.1, 0.15) is 5.76 Å². The minimum Gasteiger partial charge on any atom is -0.458 e. The van der Waals surface area contributed by atoms with E-state index in [1.165, 1.54) is 0 Å². The fraction of sp³-hybridized carbons (Fsp3) is 0.467. The van der Waals surface area contributed by atoms with E-state index < -0.39 is 0 Å². The summed E-state index contributed by atoms with van der Waals surface area (Å²) in [6, 6.07) is 8.18. The standard InChI is InChI=1S/C15H20ClNOS/c1-4-17-13(9-19-10(2)3)14-8-11-6-5-7-12(16)15(11)18-14/h5-8,10,13,17H,4,9H2,1-3H3. The van der Waals surface area contributed by atoms with Crippen LogP contribution in [0.2, 0.25) is 5.02 Å². The van der Waals surface area contributed by atoms with Gasteiger partial charge in [-0.1, -0.05) is 44.5 Å². The van der Waals surface area contributed by atoms with E-state index in [4.69, 9.17) is 16.0 Å². The molecule has 0 aliphatic rings. The van der Waals surface area contributed by atoms with Gasteiger partial charge in [0, 0.05) is 11.1 Å². The zero-order chi connectivity index (χ0) is 13.8. The van der Waals surface area contributed by atoms with E-state index in [1.54, 1.807) is 0 Å². The number of fused-ring (bicyclic) bond motifs is 1. The van der Waals surface area contributed by atoms with Gasteiger partial charge in [-0.15, -0.1) is 0 Å². The summed E-state index contributed by atoms with van der Waals surface area (Å²) in [6.07, 6.45) is 0. The van der Waals surface area contributed by atoms with Gasteiger partial charge < -0.3 is 9.73 Å². The van der Waals surface area contributed by atoms with E-state index in [9.17, 15) is 0 Å². The third-order valence-corrected chi connectivity index (χ3v) is 4.40. The van der Waals surface area contributed by atoms with Crippen molar-refractivity contribution in [3.63, 3.8) is 0 Å². The lowest BCUT2D eigenvalue weighted by Gasteiger charge is -2.16. The molecule has 104 valence electrons. The van der Waals surface area contributed by atoms with Gasteiger partial charge in [0.25, 0.3) is 0 Å². The van der Waals surface area contributed by atoms with Crippen molar-refractivity contribution in [2.75, 3.05) is 12.3 Å². The lowest BCUT2D eigenvalue weighted by atomic mass is 10.2. The molecule has 0 spiro atoms. The molecule has 2 nitrogen and oxygen atoms in total. The highest BCUT2D eigenvalue weighted by molar-refractivity contribution is 7.99. The summed E-state index contributed by atoms with van der Waals surface area (Å²) in [5, 5.41) is 5.84. The summed E-state index contributed by atoms with van der Waals surface area (Å²) in [7, 11) is 0. The number of rotatable bonds is 6.